The van der Waals surface area contributed by atoms with Crippen LogP contribution in [0.3, 0.4) is 0 Å². The molecule has 74 valence electrons. The first-order valence-electron chi connectivity index (χ1n) is 5.76. The number of hydrogen-bond acceptors (Lipinski definition) is 1. The van der Waals surface area contributed by atoms with Gasteiger partial charge in [-0.15, -0.1) is 0 Å². The number of benzene rings is 1. The summed E-state index contributed by atoms with van der Waals surface area (Å²) in [5, 5.41) is 0. The standard InChI is InChI=1S/C13H17N/c1-2-5-11(6-3-1)13-9-8-12-7-4-10-14(12)13/h1-3,5-6,12-13H,4,7-10H2/t12-,13-/m0/s1. The Kier molecular flexibility index (Phi) is 2.06. The highest BCUT2D eigenvalue weighted by molar-refractivity contribution is 5.21. The monoisotopic (exact) mass is 187 g/mol. The zero-order chi connectivity index (χ0) is 9.38. The van der Waals surface area contributed by atoms with Crippen LogP contribution in [0.5, 0.6) is 0 Å². The fourth-order valence-corrected chi connectivity index (χ4v) is 3.13. The lowest BCUT2D eigenvalue weighted by molar-refractivity contribution is 0.248. The molecule has 0 aromatic heterocycles. The van der Waals surface area contributed by atoms with Crippen LogP contribution in [0, 0.1) is 0 Å². The minimum atomic E-state index is 0.726. The molecule has 0 bridgehead atoms. The zero-order valence-corrected chi connectivity index (χ0v) is 8.52. The Balaban J connectivity index is 1.86. The van der Waals surface area contributed by atoms with Gasteiger partial charge in [-0.2, -0.15) is 0 Å². The van der Waals surface area contributed by atoms with Gasteiger partial charge in [-0.1, -0.05) is 30.3 Å². The molecule has 0 amide bonds. The SMILES string of the molecule is c1ccc([C@@H]2CC[C@@H]3CCCN32)cc1. The molecule has 2 saturated heterocycles. The van der Waals surface area contributed by atoms with E-state index < -0.39 is 0 Å². The lowest BCUT2D eigenvalue weighted by Gasteiger charge is -2.23. The minimum Gasteiger partial charge on any atom is -0.293 e. The van der Waals surface area contributed by atoms with Gasteiger partial charge in [0.15, 0.2) is 0 Å². The van der Waals surface area contributed by atoms with Gasteiger partial charge in [-0.05, 0) is 37.8 Å². The molecule has 0 aliphatic carbocycles. The second-order valence-electron chi connectivity index (χ2n) is 4.54. The van der Waals surface area contributed by atoms with Crippen molar-refractivity contribution in [3.63, 3.8) is 0 Å². The molecule has 1 heteroatoms. The molecule has 2 aliphatic rings. The number of nitrogens with zero attached hydrogens (tertiary/aromatic N) is 1. The maximum absolute atomic E-state index is 2.72. The van der Waals surface area contributed by atoms with Crippen LogP contribution in [0.4, 0.5) is 0 Å². The molecule has 0 saturated carbocycles. The summed E-state index contributed by atoms with van der Waals surface area (Å²) in [5.74, 6) is 0. The van der Waals surface area contributed by atoms with E-state index in [4.69, 9.17) is 0 Å². The number of hydrogen-bond donors (Lipinski definition) is 0. The molecule has 0 N–H and O–H groups in total. The van der Waals surface area contributed by atoms with E-state index in [9.17, 15) is 0 Å². The van der Waals surface area contributed by atoms with E-state index >= 15 is 0 Å². The summed E-state index contributed by atoms with van der Waals surface area (Å²) in [4.78, 5) is 2.72. The minimum absolute atomic E-state index is 0.726. The second kappa shape index (κ2) is 3.39. The van der Waals surface area contributed by atoms with Crippen molar-refractivity contribution in [2.75, 3.05) is 6.54 Å². The van der Waals surface area contributed by atoms with Crippen LogP contribution in [-0.2, 0) is 0 Å². The average Bonchev–Trinajstić information content (AvgIpc) is 2.79. The van der Waals surface area contributed by atoms with E-state index in [-0.39, 0.29) is 0 Å². The molecule has 2 aliphatic heterocycles. The zero-order valence-electron chi connectivity index (χ0n) is 8.52. The van der Waals surface area contributed by atoms with Crippen molar-refractivity contribution in [1.82, 2.24) is 4.90 Å². The van der Waals surface area contributed by atoms with Crippen molar-refractivity contribution in [2.24, 2.45) is 0 Å². The maximum atomic E-state index is 2.72. The largest absolute Gasteiger partial charge is 0.293 e. The maximum Gasteiger partial charge on any atom is 0.0351 e. The lowest BCUT2D eigenvalue weighted by atomic mass is 10.0. The van der Waals surface area contributed by atoms with E-state index in [0.29, 0.717) is 0 Å². The molecule has 0 radical (unpaired) electrons. The molecule has 14 heavy (non-hydrogen) atoms. The molecule has 2 atom stereocenters. The van der Waals surface area contributed by atoms with Crippen molar-refractivity contribution in [2.45, 2.75) is 37.8 Å². The van der Waals surface area contributed by atoms with E-state index in [2.05, 4.69) is 35.2 Å². The fourth-order valence-electron chi connectivity index (χ4n) is 3.13. The van der Waals surface area contributed by atoms with Crippen LogP contribution in [0.1, 0.15) is 37.3 Å². The summed E-state index contributed by atoms with van der Waals surface area (Å²) in [7, 11) is 0. The number of rotatable bonds is 1. The average molecular weight is 187 g/mol. The molecule has 0 spiro atoms. The van der Waals surface area contributed by atoms with Gasteiger partial charge in [-0.25, -0.2) is 0 Å². The van der Waals surface area contributed by atoms with Crippen molar-refractivity contribution in [1.29, 1.82) is 0 Å². The van der Waals surface area contributed by atoms with Crippen LogP contribution in [0.2, 0.25) is 0 Å². The summed E-state index contributed by atoms with van der Waals surface area (Å²) < 4.78 is 0. The molecule has 2 heterocycles. The summed E-state index contributed by atoms with van der Waals surface area (Å²) in [5.41, 5.74) is 1.52. The Labute approximate surface area is 85.7 Å². The molecule has 3 rings (SSSR count). The van der Waals surface area contributed by atoms with Gasteiger partial charge in [-0.3, -0.25) is 4.90 Å². The van der Waals surface area contributed by atoms with Crippen LogP contribution in [-0.4, -0.2) is 17.5 Å². The molecule has 1 nitrogen and oxygen atoms in total. The number of fused-ring (bicyclic) bond motifs is 1. The van der Waals surface area contributed by atoms with E-state index in [1.54, 1.807) is 0 Å². The van der Waals surface area contributed by atoms with Gasteiger partial charge >= 0.3 is 0 Å². The Morgan fingerprint density at radius 1 is 1.00 bits per heavy atom. The van der Waals surface area contributed by atoms with Gasteiger partial charge in [0.1, 0.15) is 0 Å². The van der Waals surface area contributed by atoms with Crippen LogP contribution >= 0.6 is 0 Å². The van der Waals surface area contributed by atoms with Gasteiger partial charge in [0.2, 0.25) is 0 Å². The van der Waals surface area contributed by atoms with Crippen LogP contribution < -0.4 is 0 Å². The summed E-state index contributed by atoms with van der Waals surface area (Å²) >= 11 is 0. The molecule has 0 unspecified atom stereocenters. The van der Waals surface area contributed by atoms with Gasteiger partial charge in [0, 0.05) is 12.1 Å². The lowest BCUT2D eigenvalue weighted by Crippen LogP contribution is -2.25. The molecular weight excluding hydrogens is 170 g/mol. The highest BCUT2D eigenvalue weighted by Gasteiger charge is 2.36. The smallest absolute Gasteiger partial charge is 0.0351 e. The Morgan fingerprint density at radius 2 is 1.86 bits per heavy atom. The summed E-state index contributed by atoms with van der Waals surface area (Å²) in [6.07, 6.45) is 5.63. The first kappa shape index (κ1) is 8.49. The van der Waals surface area contributed by atoms with Gasteiger partial charge in [0.25, 0.3) is 0 Å². The van der Waals surface area contributed by atoms with E-state index in [0.717, 1.165) is 12.1 Å². The highest BCUT2D eigenvalue weighted by atomic mass is 15.2. The van der Waals surface area contributed by atoms with Crippen LogP contribution in [0.25, 0.3) is 0 Å². The Morgan fingerprint density at radius 3 is 2.71 bits per heavy atom. The molecular formula is C13H17N. The third kappa shape index (κ3) is 1.27. The van der Waals surface area contributed by atoms with E-state index in [1.807, 2.05) is 0 Å². The predicted molar refractivity (Wildman–Crippen MR) is 58.1 cm³/mol. The fraction of sp³-hybridized carbons (Fsp3) is 0.538. The van der Waals surface area contributed by atoms with Crippen molar-refractivity contribution in [3.8, 4) is 0 Å². The Hall–Kier alpha value is -0.820. The molecule has 1 aromatic carbocycles. The first-order chi connectivity index (χ1) is 6.95. The topological polar surface area (TPSA) is 3.24 Å². The van der Waals surface area contributed by atoms with Gasteiger partial charge in [0.05, 0.1) is 0 Å². The van der Waals surface area contributed by atoms with Crippen molar-refractivity contribution in [3.05, 3.63) is 35.9 Å². The van der Waals surface area contributed by atoms with Gasteiger partial charge < -0.3 is 0 Å². The van der Waals surface area contributed by atoms with Crippen molar-refractivity contribution >= 4 is 0 Å². The summed E-state index contributed by atoms with van der Waals surface area (Å²) in [6, 6.07) is 12.6. The third-order valence-corrected chi connectivity index (χ3v) is 3.78. The highest BCUT2D eigenvalue weighted by Crippen LogP contribution is 2.40. The normalized spacial score (nSPS) is 32.0. The van der Waals surface area contributed by atoms with Crippen LogP contribution in [0.15, 0.2) is 30.3 Å². The quantitative estimate of drug-likeness (QED) is 0.653. The summed E-state index contributed by atoms with van der Waals surface area (Å²) in [6.45, 7) is 1.32. The Bertz CT molecular complexity index is 306. The van der Waals surface area contributed by atoms with Crippen molar-refractivity contribution < 1.29 is 0 Å². The second-order valence-corrected chi connectivity index (χ2v) is 4.54. The predicted octanol–water partition coefficient (Wildman–Crippen LogP) is 2.99. The third-order valence-electron chi connectivity index (χ3n) is 3.78. The molecule has 2 fully saturated rings. The van der Waals surface area contributed by atoms with E-state index in [1.165, 1.54) is 37.8 Å². The first-order valence-corrected chi connectivity index (χ1v) is 5.76. The molecule has 1 aromatic rings.